The number of aryl methyl sites for hydroxylation is 1. The molecule has 0 bridgehead atoms. The highest BCUT2D eigenvalue weighted by Gasteiger charge is 2.42. The number of hydrogen-bond donors (Lipinski definition) is 0. The van der Waals surface area contributed by atoms with Crippen LogP contribution in [0.3, 0.4) is 0 Å². The van der Waals surface area contributed by atoms with Crippen molar-refractivity contribution in [2.75, 3.05) is 18.0 Å². The van der Waals surface area contributed by atoms with Gasteiger partial charge in [0.05, 0.1) is 11.3 Å². The molecule has 2 heterocycles. The van der Waals surface area contributed by atoms with E-state index in [9.17, 15) is 9.59 Å². The van der Waals surface area contributed by atoms with Crippen LogP contribution >= 0.6 is 0 Å². The molecule has 31 heavy (non-hydrogen) atoms. The molecule has 0 aliphatic carbocycles. The van der Waals surface area contributed by atoms with Gasteiger partial charge in [-0.3, -0.25) is 14.6 Å². The highest BCUT2D eigenvalue weighted by atomic mass is 16.2. The predicted molar refractivity (Wildman–Crippen MR) is 122 cm³/mol. The number of amides is 2. The molecule has 5 nitrogen and oxygen atoms in total. The first-order chi connectivity index (χ1) is 15.1. The molecule has 0 unspecified atom stereocenters. The number of hydrogen-bond acceptors (Lipinski definition) is 4. The van der Waals surface area contributed by atoms with Crippen molar-refractivity contribution in [2.24, 2.45) is 0 Å². The van der Waals surface area contributed by atoms with Gasteiger partial charge < -0.3 is 4.90 Å². The average Bonchev–Trinajstić information content (AvgIpc) is 3.06. The zero-order valence-corrected chi connectivity index (χ0v) is 17.8. The van der Waals surface area contributed by atoms with Gasteiger partial charge in [0.15, 0.2) is 0 Å². The van der Waals surface area contributed by atoms with E-state index in [1.807, 2.05) is 85.5 Å². The predicted octanol–water partition coefficient (Wildman–Crippen LogP) is 4.24. The molecule has 156 valence electrons. The summed E-state index contributed by atoms with van der Waals surface area (Å²) in [5.74, 6) is -0.544. The van der Waals surface area contributed by atoms with Crippen molar-refractivity contribution in [1.82, 2.24) is 9.88 Å². The lowest BCUT2D eigenvalue weighted by Gasteiger charge is -2.25. The second-order valence-corrected chi connectivity index (χ2v) is 7.51. The number of pyridine rings is 1. The van der Waals surface area contributed by atoms with Gasteiger partial charge in [-0.1, -0.05) is 48.5 Å². The van der Waals surface area contributed by atoms with Crippen LogP contribution in [0, 0.1) is 6.92 Å². The zero-order valence-electron chi connectivity index (χ0n) is 17.8. The van der Waals surface area contributed by atoms with E-state index in [2.05, 4.69) is 4.98 Å². The molecule has 2 aromatic carbocycles. The van der Waals surface area contributed by atoms with Crippen molar-refractivity contribution in [3.05, 3.63) is 102 Å². The number of nitrogens with zero attached hydrogens (tertiary/aromatic N) is 3. The minimum Gasteiger partial charge on any atom is -0.366 e. The third kappa shape index (κ3) is 3.99. The number of benzene rings is 2. The van der Waals surface area contributed by atoms with Crippen LogP contribution in [0.5, 0.6) is 0 Å². The van der Waals surface area contributed by atoms with Crippen molar-refractivity contribution < 1.29 is 9.59 Å². The van der Waals surface area contributed by atoms with Crippen molar-refractivity contribution >= 4 is 23.1 Å². The number of carbonyl (C=O) groups excluding carboxylic acids is 2. The number of likely N-dealkylation sites (N-methyl/N-ethyl adjacent to an activating group) is 1. The van der Waals surface area contributed by atoms with E-state index in [0.717, 1.165) is 23.1 Å². The van der Waals surface area contributed by atoms with Gasteiger partial charge in [-0.2, -0.15) is 0 Å². The molecule has 3 aromatic rings. The highest BCUT2D eigenvalue weighted by molar-refractivity contribution is 6.45. The fourth-order valence-corrected chi connectivity index (χ4v) is 3.95. The maximum absolute atomic E-state index is 13.7. The van der Waals surface area contributed by atoms with Crippen LogP contribution in [0.15, 0.2) is 84.8 Å². The lowest BCUT2D eigenvalue weighted by atomic mass is 10.0. The summed E-state index contributed by atoms with van der Waals surface area (Å²) in [6.07, 6.45) is 4.29. The fourth-order valence-electron chi connectivity index (χ4n) is 3.95. The van der Waals surface area contributed by atoms with E-state index in [4.69, 9.17) is 0 Å². The SMILES string of the molecule is CCN(CCc1ccncc1)C1=C(c2ccccc2)C(=O)N(c2ccccc2C)C1=O. The summed E-state index contributed by atoms with van der Waals surface area (Å²) < 4.78 is 0. The maximum atomic E-state index is 13.7. The molecule has 5 heteroatoms. The van der Waals surface area contributed by atoms with E-state index in [-0.39, 0.29) is 11.8 Å². The first kappa shape index (κ1) is 20.5. The number of rotatable bonds is 7. The van der Waals surface area contributed by atoms with Crippen LogP contribution in [0.4, 0.5) is 5.69 Å². The molecular formula is C26H25N3O2. The molecule has 0 N–H and O–H groups in total. The van der Waals surface area contributed by atoms with Gasteiger partial charge in [-0.05, 0) is 55.2 Å². The number of aromatic nitrogens is 1. The monoisotopic (exact) mass is 411 g/mol. The molecule has 0 atom stereocenters. The van der Waals surface area contributed by atoms with Crippen LogP contribution < -0.4 is 4.90 Å². The van der Waals surface area contributed by atoms with Gasteiger partial charge >= 0.3 is 0 Å². The van der Waals surface area contributed by atoms with Crippen LogP contribution in [0.1, 0.15) is 23.6 Å². The standard InChI is InChI=1S/C26H25N3O2/c1-3-28(18-15-20-13-16-27-17-14-20)24-23(21-10-5-4-6-11-21)25(30)29(26(24)31)22-12-8-7-9-19(22)2/h4-14,16-17H,3,15,18H2,1-2H3. The van der Waals surface area contributed by atoms with Crippen molar-refractivity contribution in [1.29, 1.82) is 0 Å². The molecule has 0 fully saturated rings. The Morgan fingerprint density at radius 2 is 1.55 bits per heavy atom. The third-order valence-electron chi connectivity index (χ3n) is 5.60. The summed E-state index contributed by atoms with van der Waals surface area (Å²) in [6.45, 7) is 5.18. The minimum atomic E-state index is -0.275. The molecule has 4 rings (SSSR count). The second kappa shape index (κ2) is 8.96. The Labute approximate surface area is 182 Å². The van der Waals surface area contributed by atoms with Crippen molar-refractivity contribution in [2.45, 2.75) is 20.3 Å². The van der Waals surface area contributed by atoms with E-state index in [0.29, 0.717) is 30.0 Å². The normalized spacial score (nSPS) is 13.8. The van der Waals surface area contributed by atoms with E-state index in [1.54, 1.807) is 12.4 Å². The summed E-state index contributed by atoms with van der Waals surface area (Å²) >= 11 is 0. The van der Waals surface area contributed by atoms with Crippen LogP contribution in [0.25, 0.3) is 5.57 Å². The lowest BCUT2D eigenvalue weighted by Crippen LogP contribution is -2.36. The Hall–Kier alpha value is -3.73. The molecule has 1 aromatic heterocycles. The quantitative estimate of drug-likeness (QED) is 0.546. The Morgan fingerprint density at radius 3 is 2.23 bits per heavy atom. The topological polar surface area (TPSA) is 53.5 Å². The second-order valence-electron chi connectivity index (χ2n) is 7.51. The Bertz CT molecular complexity index is 1120. The molecule has 1 aliphatic rings. The largest absolute Gasteiger partial charge is 0.366 e. The smallest absolute Gasteiger partial charge is 0.282 e. The molecule has 0 spiro atoms. The van der Waals surface area contributed by atoms with E-state index < -0.39 is 0 Å². The Kier molecular flexibility index (Phi) is 5.94. The number of imide groups is 1. The van der Waals surface area contributed by atoms with E-state index >= 15 is 0 Å². The lowest BCUT2D eigenvalue weighted by molar-refractivity contribution is -0.120. The molecular weight excluding hydrogens is 386 g/mol. The van der Waals surface area contributed by atoms with Crippen LogP contribution in [-0.2, 0) is 16.0 Å². The molecule has 2 amide bonds. The summed E-state index contributed by atoms with van der Waals surface area (Å²) in [5.41, 5.74) is 4.35. The summed E-state index contributed by atoms with van der Waals surface area (Å²) in [5, 5.41) is 0. The average molecular weight is 412 g/mol. The molecule has 0 radical (unpaired) electrons. The van der Waals surface area contributed by atoms with Crippen LogP contribution in [0.2, 0.25) is 0 Å². The number of anilines is 1. The number of para-hydroxylation sites is 1. The Balaban J connectivity index is 1.76. The fraction of sp³-hybridized carbons (Fsp3) is 0.192. The first-order valence-electron chi connectivity index (χ1n) is 10.5. The van der Waals surface area contributed by atoms with E-state index in [1.165, 1.54) is 4.90 Å². The molecule has 0 saturated carbocycles. The van der Waals surface area contributed by atoms with Gasteiger partial charge in [0, 0.05) is 25.5 Å². The highest BCUT2D eigenvalue weighted by Crippen LogP contribution is 2.35. The third-order valence-corrected chi connectivity index (χ3v) is 5.60. The summed E-state index contributed by atoms with van der Waals surface area (Å²) in [6, 6.07) is 20.9. The van der Waals surface area contributed by atoms with Crippen LogP contribution in [-0.4, -0.2) is 34.8 Å². The summed E-state index contributed by atoms with van der Waals surface area (Å²) in [4.78, 5) is 34.6. The maximum Gasteiger partial charge on any atom is 0.282 e. The summed E-state index contributed by atoms with van der Waals surface area (Å²) in [7, 11) is 0. The van der Waals surface area contributed by atoms with Gasteiger partial charge in [0.25, 0.3) is 11.8 Å². The van der Waals surface area contributed by atoms with Crippen molar-refractivity contribution in [3.63, 3.8) is 0 Å². The zero-order chi connectivity index (χ0) is 21.8. The molecule has 1 aliphatic heterocycles. The van der Waals surface area contributed by atoms with Gasteiger partial charge in [0.1, 0.15) is 5.70 Å². The minimum absolute atomic E-state index is 0.269. The first-order valence-corrected chi connectivity index (χ1v) is 10.5. The Morgan fingerprint density at radius 1 is 0.871 bits per heavy atom. The molecule has 0 saturated heterocycles. The van der Waals surface area contributed by atoms with Gasteiger partial charge in [-0.15, -0.1) is 0 Å². The van der Waals surface area contributed by atoms with Gasteiger partial charge in [0.2, 0.25) is 0 Å². The number of carbonyl (C=O) groups is 2. The van der Waals surface area contributed by atoms with Crippen molar-refractivity contribution in [3.8, 4) is 0 Å². The van der Waals surface area contributed by atoms with Gasteiger partial charge in [-0.25, -0.2) is 4.90 Å².